The van der Waals surface area contributed by atoms with Crippen molar-refractivity contribution in [2.24, 2.45) is 0 Å². The van der Waals surface area contributed by atoms with E-state index >= 15 is 0 Å². The predicted octanol–water partition coefficient (Wildman–Crippen LogP) is 2.06. The molecule has 74 valence electrons. The lowest BCUT2D eigenvalue weighted by atomic mass is 9.94. The van der Waals surface area contributed by atoms with Gasteiger partial charge in [0, 0.05) is 12.8 Å². The van der Waals surface area contributed by atoms with Gasteiger partial charge >= 0.3 is 6.18 Å². The standard InChI is InChI=1S/C6H9F4N.ClH/c7-5(6(8,9)10)1-3-11-4-2-5;/h11H,1-4H2;1H. The molecule has 0 aliphatic carbocycles. The molecule has 1 aliphatic rings. The number of alkyl halides is 4. The summed E-state index contributed by atoms with van der Waals surface area (Å²) in [7, 11) is 0. The average Bonchev–Trinajstić information content (AvgIpc) is 1.87. The van der Waals surface area contributed by atoms with E-state index < -0.39 is 24.7 Å². The number of rotatable bonds is 0. The lowest BCUT2D eigenvalue weighted by Gasteiger charge is -2.31. The molecule has 12 heavy (non-hydrogen) atoms. The summed E-state index contributed by atoms with van der Waals surface area (Å²) in [6, 6.07) is 0. The molecule has 0 amide bonds. The summed E-state index contributed by atoms with van der Waals surface area (Å²) < 4.78 is 48.7. The normalized spacial score (nSPS) is 23.0. The van der Waals surface area contributed by atoms with Gasteiger partial charge in [-0.25, -0.2) is 4.39 Å². The molecule has 0 radical (unpaired) electrons. The second-order valence-electron chi connectivity index (χ2n) is 2.71. The fourth-order valence-electron chi connectivity index (χ4n) is 1.11. The second kappa shape index (κ2) is 3.79. The largest absolute Gasteiger partial charge is 0.422 e. The molecule has 1 aliphatic heterocycles. The summed E-state index contributed by atoms with van der Waals surface area (Å²) in [6.45, 7) is 0.214. The van der Waals surface area contributed by atoms with Gasteiger partial charge in [-0.2, -0.15) is 13.2 Å². The zero-order chi connectivity index (χ0) is 8.54. The van der Waals surface area contributed by atoms with E-state index in [0.717, 1.165) is 0 Å². The van der Waals surface area contributed by atoms with Crippen LogP contribution in [0.2, 0.25) is 0 Å². The predicted molar refractivity (Wildman–Crippen MR) is 39.2 cm³/mol. The summed E-state index contributed by atoms with van der Waals surface area (Å²) in [5.41, 5.74) is -2.95. The summed E-state index contributed by atoms with van der Waals surface area (Å²) in [5.74, 6) is 0. The van der Waals surface area contributed by atoms with Crippen LogP contribution in [0.1, 0.15) is 12.8 Å². The van der Waals surface area contributed by atoms with E-state index in [1.807, 2.05) is 0 Å². The number of nitrogens with one attached hydrogen (secondary N) is 1. The van der Waals surface area contributed by atoms with Crippen molar-refractivity contribution in [3.8, 4) is 0 Å². The van der Waals surface area contributed by atoms with E-state index in [4.69, 9.17) is 0 Å². The van der Waals surface area contributed by atoms with Crippen LogP contribution in [0, 0.1) is 0 Å². The van der Waals surface area contributed by atoms with Gasteiger partial charge < -0.3 is 5.32 Å². The van der Waals surface area contributed by atoms with Crippen LogP contribution in [0.5, 0.6) is 0 Å². The van der Waals surface area contributed by atoms with Crippen molar-refractivity contribution in [1.82, 2.24) is 5.32 Å². The smallest absolute Gasteiger partial charge is 0.316 e. The van der Waals surface area contributed by atoms with E-state index in [0.29, 0.717) is 0 Å². The van der Waals surface area contributed by atoms with Gasteiger partial charge in [-0.3, -0.25) is 0 Å². The lowest BCUT2D eigenvalue weighted by Crippen LogP contribution is -2.48. The fraction of sp³-hybridized carbons (Fsp3) is 1.00. The third-order valence-electron chi connectivity index (χ3n) is 1.90. The summed E-state index contributed by atoms with van der Waals surface area (Å²) in [4.78, 5) is 0. The molecular weight excluding hydrogens is 198 g/mol. The van der Waals surface area contributed by atoms with Crippen LogP contribution in [0.15, 0.2) is 0 Å². The Balaban J connectivity index is 0.00000121. The third-order valence-corrected chi connectivity index (χ3v) is 1.90. The van der Waals surface area contributed by atoms with Gasteiger partial charge in [0.1, 0.15) is 0 Å². The Bertz CT molecular complexity index is 141. The molecule has 0 saturated carbocycles. The highest BCUT2D eigenvalue weighted by Crippen LogP contribution is 2.40. The van der Waals surface area contributed by atoms with Gasteiger partial charge in [-0.1, -0.05) is 0 Å². The molecule has 1 nitrogen and oxygen atoms in total. The van der Waals surface area contributed by atoms with E-state index in [1.54, 1.807) is 0 Å². The molecule has 0 aromatic heterocycles. The first-order chi connectivity index (χ1) is 4.96. The summed E-state index contributed by atoms with van der Waals surface area (Å²) in [6.07, 6.45) is -5.62. The zero-order valence-corrected chi connectivity index (χ0v) is 7.07. The molecule has 6 heteroatoms. The van der Waals surface area contributed by atoms with Crippen LogP contribution in [-0.2, 0) is 0 Å². The number of halogens is 5. The zero-order valence-electron chi connectivity index (χ0n) is 6.25. The van der Waals surface area contributed by atoms with Gasteiger partial charge in [-0.15, -0.1) is 12.4 Å². The Hall–Kier alpha value is -0.0300. The summed E-state index contributed by atoms with van der Waals surface area (Å²) in [5, 5.41) is 2.67. The number of piperidine rings is 1. The highest BCUT2D eigenvalue weighted by atomic mass is 35.5. The quantitative estimate of drug-likeness (QED) is 0.600. The minimum absolute atomic E-state index is 0. The molecule has 0 atom stereocenters. The van der Waals surface area contributed by atoms with Gasteiger partial charge in [0.25, 0.3) is 0 Å². The molecule has 1 heterocycles. The average molecular weight is 208 g/mol. The van der Waals surface area contributed by atoms with Crippen LogP contribution in [0.4, 0.5) is 17.6 Å². The van der Waals surface area contributed by atoms with E-state index in [1.165, 1.54) is 0 Å². The maximum absolute atomic E-state index is 12.9. The molecule has 0 aromatic carbocycles. The van der Waals surface area contributed by atoms with Crippen LogP contribution in [-0.4, -0.2) is 24.9 Å². The van der Waals surface area contributed by atoms with Crippen molar-refractivity contribution in [2.75, 3.05) is 13.1 Å². The first-order valence-electron chi connectivity index (χ1n) is 3.42. The van der Waals surface area contributed by atoms with Crippen LogP contribution >= 0.6 is 12.4 Å². The van der Waals surface area contributed by atoms with Crippen molar-refractivity contribution < 1.29 is 17.6 Å². The van der Waals surface area contributed by atoms with Crippen LogP contribution in [0.25, 0.3) is 0 Å². The highest BCUT2D eigenvalue weighted by Gasteiger charge is 2.55. The molecule has 0 bridgehead atoms. The van der Waals surface area contributed by atoms with Gasteiger partial charge in [0.15, 0.2) is 0 Å². The minimum Gasteiger partial charge on any atom is -0.316 e. The number of hydrogen-bond acceptors (Lipinski definition) is 1. The Labute approximate surface area is 73.9 Å². The Morgan fingerprint density at radius 1 is 1.08 bits per heavy atom. The van der Waals surface area contributed by atoms with Crippen molar-refractivity contribution in [3.05, 3.63) is 0 Å². The molecule has 1 fully saturated rings. The van der Waals surface area contributed by atoms with Gasteiger partial charge in [-0.05, 0) is 13.1 Å². The molecule has 1 rings (SSSR count). The van der Waals surface area contributed by atoms with Crippen molar-refractivity contribution in [1.29, 1.82) is 0 Å². The molecular formula is C6H10ClF4N. The van der Waals surface area contributed by atoms with Crippen LogP contribution in [0.3, 0.4) is 0 Å². The number of hydrogen-bond donors (Lipinski definition) is 1. The summed E-state index contributed by atoms with van der Waals surface area (Å²) >= 11 is 0. The van der Waals surface area contributed by atoms with Crippen molar-refractivity contribution >= 4 is 12.4 Å². The topological polar surface area (TPSA) is 12.0 Å². The van der Waals surface area contributed by atoms with Crippen LogP contribution < -0.4 is 5.32 Å². The molecule has 1 saturated heterocycles. The fourth-order valence-corrected chi connectivity index (χ4v) is 1.11. The molecule has 0 spiro atoms. The SMILES string of the molecule is Cl.FC(F)(F)C1(F)CCNCC1. The minimum atomic E-state index is -4.70. The third kappa shape index (κ3) is 2.23. The highest BCUT2D eigenvalue weighted by molar-refractivity contribution is 5.85. The first-order valence-corrected chi connectivity index (χ1v) is 3.42. The monoisotopic (exact) mass is 207 g/mol. The van der Waals surface area contributed by atoms with Gasteiger partial charge in [0.05, 0.1) is 0 Å². The first kappa shape index (κ1) is 12.0. The lowest BCUT2D eigenvalue weighted by molar-refractivity contribution is -0.237. The van der Waals surface area contributed by atoms with Crippen molar-refractivity contribution in [2.45, 2.75) is 24.7 Å². The van der Waals surface area contributed by atoms with E-state index in [2.05, 4.69) is 5.32 Å². The maximum atomic E-state index is 12.9. The molecule has 0 unspecified atom stereocenters. The Morgan fingerprint density at radius 2 is 1.50 bits per heavy atom. The van der Waals surface area contributed by atoms with E-state index in [9.17, 15) is 17.6 Å². The molecule has 0 aromatic rings. The van der Waals surface area contributed by atoms with Gasteiger partial charge in [0.2, 0.25) is 5.67 Å². The Morgan fingerprint density at radius 3 is 1.75 bits per heavy atom. The molecule has 1 N–H and O–H groups in total. The van der Waals surface area contributed by atoms with Crippen molar-refractivity contribution in [3.63, 3.8) is 0 Å². The Kier molecular flexibility index (Phi) is 3.78. The second-order valence-corrected chi connectivity index (χ2v) is 2.71. The van der Waals surface area contributed by atoms with E-state index in [-0.39, 0.29) is 25.5 Å². The maximum Gasteiger partial charge on any atom is 0.422 e.